The van der Waals surface area contributed by atoms with Gasteiger partial charge < -0.3 is 15.6 Å². The topological polar surface area (TPSA) is 104 Å². The van der Waals surface area contributed by atoms with Gasteiger partial charge >= 0.3 is 0 Å². The van der Waals surface area contributed by atoms with Gasteiger partial charge in [0.05, 0.1) is 22.8 Å². The molecule has 0 atom stereocenters. The molecule has 8 nitrogen and oxygen atoms in total. The van der Waals surface area contributed by atoms with E-state index in [1.807, 2.05) is 6.07 Å². The Bertz CT molecular complexity index is 1400. The van der Waals surface area contributed by atoms with E-state index in [-0.39, 0.29) is 18.2 Å². The first kappa shape index (κ1) is 21.3. The van der Waals surface area contributed by atoms with Gasteiger partial charge in [-0.3, -0.25) is 4.98 Å². The normalized spacial score (nSPS) is 11.5. The fraction of sp³-hybridized carbons (Fsp3) is 0.227. The van der Waals surface area contributed by atoms with Crippen molar-refractivity contribution in [1.82, 2.24) is 35.2 Å². The molecule has 33 heavy (non-hydrogen) atoms. The Kier molecular flexibility index (Phi) is 6.13. The first-order valence-electron chi connectivity index (χ1n) is 10.4. The average Bonchev–Trinajstić information content (AvgIpc) is 3.43. The molecule has 11 heteroatoms. The monoisotopic (exact) mass is 466 g/mol. The second-order valence-corrected chi connectivity index (χ2v) is 8.40. The van der Waals surface area contributed by atoms with Gasteiger partial charge in [0.1, 0.15) is 33.8 Å². The lowest BCUT2D eigenvalue weighted by atomic mass is 10.3. The van der Waals surface area contributed by atoms with Crippen LogP contribution in [0.3, 0.4) is 0 Å². The number of benzene rings is 1. The zero-order valence-corrected chi connectivity index (χ0v) is 18.3. The highest BCUT2D eigenvalue weighted by Gasteiger charge is 2.12. The number of fused-ring (bicyclic) bond motifs is 2. The van der Waals surface area contributed by atoms with E-state index in [1.54, 1.807) is 18.3 Å². The first-order valence-corrected chi connectivity index (χ1v) is 11.3. The molecule has 4 heterocycles. The summed E-state index contributed by atoms with van der Waals surface area (Å²) in [4.78, 5) is 25.5. The Labute approximate surface area is 191 Å². The number of anilines is 1. The molecule has 0 spiro atoms. The minimum atomic E-state index is -0.367. The first-order chi connectivity index (χ1) is 16.2. The summed E-state index contributed by atoms with van der Waals surface area (Å²) in [6, 6.07) is 7.82. The van der Waals surface area contributed by atoms with Crippen molar-refractivity contribution in [1.29, 1.82) is 0 Å². The summed E-state index contributed by atoms with van der Waals surface area (Å²) in [6.45, 7) is 1.64. The molecule has 0 aliphatic heterocycles. The third-order valence-electron chi connectivity index (χ3n) is 5.06. The minimum absolute atomic E-state index is 0.207. The van der Waals surface area contributed by atoms with Crippen molar-refractivity contribution in [3.63, 3.8) is 0 Å². The number of para-hydroxylation sites is 1. The fourth-order valence-electron chi connectivity index (χ4n) is 3.44. The van der Waals surface area contributed by atoms with Gasteiger partial charge in [0.25, 0.3) is 0 Å². The SMILES string of the molecule is Fc1cccnc1CNc1ncnc2sc(CCNCCc3nc4c(F)cccc4[nH]3)nc12. The smallest absolute Gasteiger partial charge is 0.157 e. The highest BCUT2D eigenvalue weighted by atomic mass is 32.1. The second kappa shape index (κ2) is 9.51. The van der Waals surface area contributed by atoms with E-state index >= 15 is 0 Å². The molecule has 0 radical (unpaired) electrons. The number of hydrogen-bond acceptors (Lipinski definition) is 8. The van der Waals surface area contributed by atoms with Crippen LogP contribution in [0.25, 0.3) is 21.4 Å². The number of pyridine rings is 1. The summed E-state index contributed by atoms with van der Waals surface area (Å²) >= 11 is 1.50. The van der Waals surface area contributed by atoms with Crippen LogP contribution in [0.5, 0.6) is 0 Å². The van der Waals surface area contributed by atoms with Crippen molar-refractivity contribution in [2.24, 2.45) is 0 Å². The summed E-state index contributed by atoms with van der Waals surface area (Å²) < 4.78 is 27.6. The molecule has 5 rings (SSSR count). The summed E-state index contributed by atoms with van der Waals surface area (Å²) in [5.74, 6) is 0.615. The largest absolute Gasteiger partial charge is 0.362 e. The van der Waals surface area contributed by atoms with E-state index < -0.39 is 0 Å². The number of hydrogen-bond donors (Lipinski definition) is 3. The summed E-state index contributed by atoms with van der Waals surface area (Å²) in [5.41, 5.74) is 2.06. The third-order valence-corrected chi connectivity index (χ3v) is 6.09. The molecule has 0 unspecified atom stereocenters. The Morgan fingerprint density at radius 1 is 0.909 bits per heavy atom. The van der Waals surface area contributed by atoms with Crippen LogP contribution < -0.4 is 10.6 Å². The van der Waals surface area contributed by atoms with Gasteiger partial charge in [-0.1, -0.05) is 17.4 Å². The zero-order chi connectivity index (χ0) is 22.6. The predicted molar refractivity (Wildman–Crippen MR) is 123 cm³/mol. The number of H-pyrrole nitrogens is 1. The molecule has 0 aliphatic carbocycles. The van der Waals surface area contributed by atoms with Crippen LogP contribution in [-0.2, 0) is 19.4 Å². The molecule has 0 amide bonds. The van der Waals surface area contributed by atoms with Gasteiger partial charge in [-0.2, -0.15) is 0 Å². The van der Waals surface area contributed by atoms with Crippen molar-refractivity contribution >= 4 is 38.5 Å². The summed E-state index contributed by atoms with van der Waals surface area (Å²) in [5, 5.41) is 7.40. The summed E-state index contributed by atoms with van der Waals surface area (Å²) in [7, 11) is 0. The van der Waals surface area contributed by atoms with E-state index in [0.29, 0.717) is 41.0 Å². The Morgan fingerprint density at radius 2 is 1.79 bits per heavy atom. The molecular weight excluding hydrogens is 446 g/mol. The molecule has 0 fully saturated rings. The number of halogens is 2. The maximum atomic E-state index is 13.8. The van der Waals surface area contributed by atoms with Crippen LogP contribution in [0.15, 0.2) is 42.9 Å². The molecular formula is C22H20F2N8S. The van der Waals surface area contributed by atoms with Crippen molar-refractivity contribution < 1.29 is 8.78 Å². The van der Waals surface area contributed by atoms with E-state index in [2.05, 4.69) is 40.5 Å². The molecule has 0 saturated carbocycles. The van der Waals surface area contributed by atoms with E-state index in [9.17, 15) is 8.78 Å². The lowest BCUT2D eigenvalue weighted by Gasteiger charge is -2.05. The van der Waals surface area contributed by atoms with E-state index in [0.717, 1.165) is 28.6 Å². The molecule has 5 aromatic rings. The number of thiazole rings is 1. The molecule has 4 aromatic heterocycles. The quantitative estimate of drug-likeness (QED) is 0.285. The van der Waals surface area contributed by atoms with Gasteiger partial charge in [0.15, 0.2) is 11.6 Å². The van der Waals surface area contributed by atoms with Crippen LogP contribution in [-0.4, -0.2) is 43.0 Å². The fourth-order valence-corrected chi connectivity index (χ4v) is 4.35. The molecule has 3 N–H and O–H groups in total. The Hall–Kier alpha value is -3.57. The highest BCUT2D eigenvalue weighted by molar-refractivity contribution is 7.18. The number of aromatic nitrogens is 6. The Balaban J connectivity index is 1.15. The Morgan fingerprint density at radius 3 is 2.67 bits per heavy atom. The van der Waals surface area contributed by atoms with E-state index in [1.165, 1.54) is 29.8 Å². The van der Waals surface area contributed by atoms with E-state index in [4.69, 9.17) is 0 Å². The highest BCUT2D eigenvalue weighted by Crippen LogP contribution is 2.25. The van der Waals surface area contributed by atoms with Gasteiger partial charge in [-0.05, 0) is 24.3 Å². The second-order valence-electron chi connectivity index (χ2n) is 7.34. The third kappa shape index (κ3) is 4.78. The summed E-state index contributed by atoms with van der Waals surface area (Å²) in [6.07, 6.45) is 4.41. The van der Waals surface area contributed by atoms with Gasteiger partial charge in [0.2, 0.25) is 0 Å². The predicted octanol–water partition coefficient (Wildman–Crippen LogP) is 3.62. The lowest BCUT2D eigenvalue weighted by Crippen LogP contribution is -2.20. The molecule has 1 aromatic carbocycles. The van der Waals surface area contributed by atoms with Gasteiger partial charge in [0, 0.05) is 32.1 Å². The van der Waals surface area contributed by atoms with Crippen molar-refractivity contribution in [2.45, 2.75) is 19.4 Å². The number of nitrogens with zero attached hydrogens (tertiary/aromatic N) is 5. The number of aromatic amines is 1. The van der Waals surface area contributed by atoms with Gasteiger partial charge in [-0.15, -0.1) is 0 Å². The maximum Gasteiger partial charge on any atom is 0.157 e. The van der Waals surface area contributed by atoms with Crippen LogP contribution in [0.2, 0.25) is 0 Å². The van der Waals surface area contributed by atoms with Crippen molar-refractivity contribution in [3.8, 4) is 0 Å². The van der Waals surface area contributed by atoms with Crippen LogP contribution >= 0.6 is 11.3 Å². The van der Waals surface area contributed by atoms with Gasteiger partial charge in [-0.25, -0.2) is 28.7 Å². The van der Waals surface area contributed by atoms with Crippen LogP contribution in [0.1, 0.15) is 16.5 Å². The molecule has 168 valence electrons. The maximum absolute atomic E-state index is 13.8. The number of rotatable bonds is 9. The number of nitrogens with one attached hydrogen (secondary N) is 3. The van der Waals surface area contributed by atoms with Crippen molar-refractivity contribution in [2.75, 3.05) is 18.4 Å². The van der Waals surface area contributed by atoms with Crippen LogP contribution in [0.4, 0.5) is 14.6 Å². The molecule has 0 saturated heterocycles. The molecule has 0 aliphatic rings. The number of imidazole rings is 1. The van der Waals surface area contributed by atoms with Crippen LogP contribution in [0, 0.1) is 11.6 Å². The zero-order valence-electron chi connectivity index (χ0n) is 17.5. The standard InChI is InChI=1S/C22H20F2N8S/c23-13-4-2-8-26-16(13)11-27-21-20-22(29-12-28-21)33-18(32-20)7-10-25-9-6-17-30-15-5-1-3-14(24)19(15)31-17/h1-5,8,12,25H,6-7,9-11H2,(H,30,31)(H,27,28,29). The molecule has 0 bridgehead atoms. The minimum Gasteiger partial charge on any atom is -0.362 e. The lowest BCUT2D eigenvalue weighted by molar-refractivity contribution is 0.602. The average molecular weight is 467 g/mol. The van der Waals surface area contributed by atoms with Crippen molar-refractivity contribution in [3.05, 3.63) is 71.0 Å².